The molecule has 0 fully saturated rings. The summed E-state index contributed by atoms with van der Waals surface area (Å²) in [7, 11) is 1.54. The van der Waals surface area contributed by atoms with Crippen LogP contribution in [0.2, 0.25) is 5.02 Å². The highest BCUT2D eigenvalue weighted by molar-refractivity contribution is 7.10. The largest absolute Gasteiger partial charge is 0.496 e. The van der Waals surface area contributed by atoms with Crippen LogP contribution >= 0.6 is 22.9 Å². The molecular formula is C12H10ClF2NOS. The summed E-state index contributed by atoms with van der Waals surface area (Å²) < 4.78 is 31.2. The van der Waals surface area contributed by atoms with E-state index >= 15 is 0 Å². The SMILES string of the molecule is COc1csc(C(N)c2cc(F)c(F)cc2Cl)c1. The minimum atomic E-state index is -0.986. The van der Waals surface area contributed by atoms with Gasteiger partial charge in [-0.25, -0.2) is 8.78 Å². The van der Waals surface area contributed by atoms with Gasteiger partial charge in [0.25, 0.3) is 0 Å². The lowest BCUT2D eigenvalue weighted by molar-refractivity contribution is 0.416. The lowest BCUT2D eigenvalue weighted by atomic mass is 10.1. The van der Waals surface area contributed by atoms with Crippen LogP contribution in [0, 0.1) is 11.6 Å². The third-order valence-electron chi connectivity index (χ3n) is 2.51. The van der Waals surface area contributed by atoms with Gasteiger partial charge in [-0.05, 0) is 23.8 Å². The van der Waals surface area contributed by atoms with Crippen molar-refractivity contribution in [1.82, 2.24) is 0 Å². The Kier molecular flexibility index (Phi) is 3.85. The smallest absolute Gasteiger partial charge is 0.160 e. The van der Waals surface area contributed by atoms with Gasteiger partial charge in [-0.2, -0.15) is 0 Å². The van der Waals surface area contributed by atoms with E-state index in [-0.39, 0.29) is 5.02 Å². The molecular weight excluding hydrogens is 280 g/mol. The second-order valence-corrected chi connectivity index (χ2v) is 5.00. The minimum absolute atomic E-state index is 0.105. The van der Waals surface area contributed by atoms with Crippen molar-refractivity contribution in [1.29, 1.82) is 0 Å². The van der Waals surface area contributed by atoms with Crippen molar-refractivity contribution < 1.29 is 13.5 Å². The molecule has 0 radical (unpaired) electrons. The molecule has 0 bridgehead atoms. The summed E-state index contributed by atoms with van der Waals surface area (Å²) in [4.78, 5) is 0.764. The Labute approximate surface area is 112 Å². The van der Waals surface area contributed by atoms with E-state index in [1.54, 1.807) is 18.6 Å². The van der Waals surface area contributed by atoms with Crippen molar-refractivity contribution >= 4 is 22.9 Å². The number of hydrogen-bond acceptors (Lipinski definition) is 3. The molecule has 1 heterocycles. The van der Waals surface area contributed by atoms with Crippen molar-refractivity contribution in [3.8, 4) is 5.75 Å². The molecule has 0 amide bonds. The first-order valence-electron chi connectivity index (χ1n) is 5.05. The quantitative estimate of drug-likeness (QED) is 0.874. The number of thiophene rings is 1. The van der Waals surface area contributed by atoms with Crippen molar-refractivity contribution in [3.05, 3.63) is 50.7 Å². The van der Waals surface area contributed by atoms with Crippen molar-refractivity contribution in [2.75, 3.05) is 7.11 Å². The number of rotatable bonds is 3. The Hall–Kier alpha value is -1.17. The van der Waals surface area contributed by atoms with Gasteiger partial charge in [-0.15, -0.1) is 11.3 Å². The first-order valence-corrected chi connectivity index (χ1v) is 6.31. The summed E-state index contributed by atoms with van der Waals surface area (Å²) in [5.41, 5.74) is 6.33. The van der Waals surface area contributed by atoms with Gasteiger partial charge < -0.3 is 10.5 Å². The van der Waals surface area contributed by atoms with E-state index in [0.29, 0.717) is 11.3 Å². The zero-order valence-corrected chi connectivity index (χ0v) is 11.0. The second kappa shape index (κ2) is 5.22. The molecule has 2 nitrogen and oxygen atoms in total. The third-order valence-corrected chi connectivity index (χ3v) is 3.83. The molecule has 0 aliphatic rings. The highest BCUT2D eigenvalue weighted by atomic mass is 35.5. The maximum Gasteiger partial charge on any atom is 0.160 e. The van der Waals surface area contributed by atoms with Crippen molar-refractivity contribution in [2.24, 2.45) is 5.73 Å². The molecule has 2 aromatic rings. The number of ether oxygens (including phenoxy) is 1. The average Bonchev–Trinajstić information content (AvgIpc) is 2.81. The highest BCUT2D eigenvalue weighted by Gasteiger charge is 2.18. The normalized spacial score (nSPS) is 12.5. The summed E-state index contributed by atoms with van der Waals surface area (Å²) >= 11 is 7.24. The first-order chi connectivity index (χ1) is 8.52. The lowest BCUT2D eigenvalue weighted by Crippen LogP contribution is -2.11. The Bertz CT molecular complexity index is 573. The molecule has 0 aliphatic carbocycles. The summed E-state index contributed by atoms with van der Waals surface area (Å²) in [6.45, 7) is 0. The zero-order valence-electron chi connectivity index (χ0n) is 9.41. The number of hydrogen-bond donors (Lipinski definition) is 1. The van der Waals surface area contributed by atoms with E-state index in [1.807, 2.05) is 0 Å². The predicted molar refractivity (Wildman–Crippen MR) is 68.3 cm³/mol. The van der Waals surface area contributed by atoms with Crippen LogP contribution in [0.1, 0.15) is 16.5 Å². The first kappa shape index (κ1) is 13.3. The molecule has 2 N–H and O–H groups in total. The minimum Gasteiger partial charge on any atom is -0.496 e. The molecule has 1 unspecified atom stereocenters. The summed E-state index contributed by atoms with van der Waals surface area (Å²) in [5, 5.41) is 1.89. The van der Waals surface area contributed by atoms with Crippen molar-refractivity contribution in [3.63, 3.8) is 0 Å². The van der Waals surface area contributed by atoms with Gasteiger partial charge in [0.2, 0.25) is 0 Å². The summed E-state index contributed by atoms with van der Waals surface area (Å²) in [6, 6.07) is 3.08. The van der Waals surface area contributed by atoms with Gasteiger partial charge in [-0.3, -0.25) is 0 Å². The average molecular weight is 290 g/mol. The number of halogens is 3. The van der Waals surface area contributed by atoms with Gasteiger partial charge in [-0.1, -0.05) is 11.6 Å². The summed E-state index contributed by atoms with van der Waals surface area (Å²) in [5.74, 6) is -1.28. The Morgan fingerprint density at radius 2 is 1.94 bits per heavy atom. The maximum atomic E-state index is 13.2. The fourth-order valence-corrected chi connectivity index (χ4v) is 2.68. The monoisotopic (exact) mass is 289 g/mol. The Morgan fingerprint density at radius 1 is 1.28 bits per heavy atom. The van der Waals surface area contributed by atoms with E-state index < -0.39 is 17.7 Å². The zero-order chi connectivity index (χ0) is 13.3. The molecule has 6 heteroatoms. The molecule has 0 aliphatic heterocycles. The molecule has 1 aromatic carbocycles. The van der Waals surface area contributed by atoms with Crippen molar-refractivity contribution in [2.45, 2.75) is 6.04 Å². The third kappa shape index (κ3) is 2.48. The number of benzene rings is 1. The molecule has 0 saturated heterocycles. The van der Waals surface area contributed by atoms with Crippen LogP contribution in [0.3, 0.4) is 0 Å². The number of methoxy groups -OCH3 is 1. The van der Waals surface area contributed by atoms with E-state index in [2.05, 4.69) is 0 Å². The molecule has 1 atom stereocenters. The van der Waals surface area contributed by atoms with Gasteiger partial charge in [0.15, 0.2) is 11.6 Å². The van der Waals surface area contributed by atoms with Crippen LogP contribution in [0.15, 0.2) is 23.6 Å². The molecule has 2 rings (SSSR count). The predicted octanol–water partition coefficient (Wildman–Crippen LogP) is 3.74. The second-order valence-electron chi connectivity index (χ2n) is 3.65. The van der Waals surface area contributed by atoms with Gasteiger partial charge in [0.05, 0.1) is 13.2 Å². The van der Waals surface area contributed by atoms with E-state index in [4.69, 9.17) is 22.1 Å². The van der Waals surface area contributed by atoms with Crippen LogP contribution in [0.25, 0.3) is 0 Å². The van der Waals surface area contributed by atoms with Crippen LogP contribution < -0.4 is 10.5 Å². The molecule has 1 aromatic heterocycles. The standard InChI is InChI=1S/C12H10ClF2NOS/c1-17-6-2-11(18-5-6)12(16)7-3-9(14)10(15)4-8(7)13/h2-5,12H,16H2,1H3. The number of nitrogens with two attached hydrogens (primary N) is 1. The lowest BCUT2D eigenvalue weighted by Gasteiger charge is -2.12. The van der Waals surface area contributed by atoms with Crippen LogP contribution in [0.5, 0.6) is 5.75 Å². The van der Waals surface area contributed by atoms with Gasteiger partial charge >= 0.3 is 0 Å². The Balaban J connectivity index is 2.39. The highest BCUT2D eigenvalue weighted by Crippen LogP contribution is 2.33. The van der Waals surface area contributed by atoms with Crippen LogP contribution in [-0.4, -0.2) is 7.11 Å². The fraction of sp³-hybridized carbons (Fsp3) is 0.167. The fourth-order valence-electron chi connectivity index (χ4n) is 1.53. The van der Waals surface area contributed by atoms with Gasteiger partial charge in [0.1, 0.15) is 5.75 Å². The van der Waals surface area contributed by atoms with Crippen LogP contribution in [0.4, 0.5) is 8.78 Å². The van der Waals surface area contributed by atoms with E-state index in [1.165, 1.54) is 11.3 Å². The summed E-state index contributed by atoms with van der Waals surface area (Å²) in [6.07, 6.45) is 0. The van der Waals surface area contributed by atoms with E-state index in [9.17, 15) is 8.78 Å². The topological polar surface area (TPSA) is 35.2 Å². The Morgan fingerprint density at radius 3 is 2.56 bits per heavy atom. The molecule has 0 spiro atoms. The van der Waals surface area contributed by atoms with Gasteiger partial charge in [0, 0.05) is 15.3 Å². The van der Waals surface area contributed by atoms with Crippen LogP contribution in [-0.2, 0) is 0 Å². The maximum absolute atomic E-state index is 13.2. The molecule has 18 heavy (non-hydrogen) atoms. The molecule has 96 valence electrons. The molecule has 0 saturated carbocycles. The van der Waals surface area contributed by atoms with E-state index in [0.717, 1.165) is 17.0 Å².